The van der Waals surface area contributed by atoms with Crippen LogP contribution in [0, 0.1) is 5.82 Å². The van der Waals surface area contributed by atoms with E-state index >= 15 is 0 Å². The maximum atomic E-state index is 13.0. The molecule has 1 fully saturated rings. The molecule has 1 saturated heterocycles. The Morgan fingerprint density at radius 2 is 2.11 bits per heavy atom. The molecule has 0 amide bonds. The highest BCUT2D eigenvalue weighted by Crippen LogP contribution is 2.09. The Morgan fingerprint density at radius 3 is 2.78 bits per heavy atom. The second kappa shape index (κ2) is 7.83. The van der Waals surface area contributed by atoms with E-state index in [4.69, 9.17) is 5.73 Å². The van der Waals surface area contributed by atoms with Crippen LogP contribution in [0.3, 0.4) is 0 Å². The van der Waals surface area contributed by atoms with Gasteiger partial charge in [0.2, 0.25) is 0 Å². The van der Waals surface area contributed by atoms with Crippen LogP contribution in [0.25, 0.3) is 0 Å². The number of guanidine groups is 1. The molecule has 1 aliphatic rings. The summed E-state index contributed by atoms with van der Waals surface area (Å²) in [6, 6.07) is 6.46. The number of thioether (sulfide) groups is 1. The third-order valence-electron chi connectivity index (χ3n) is 2.65. The maximum absolute atomic E-state index is 13.0. The summed E-state index contributed by atoms with van der Waals surface area (Å²) in [7, 11) is 0. The summed E-state index contributed by atoms with van der Waals surface area (Å²) >= 11 is 1.93. The lowest BCUT2D eigenvalue weighted by Gasteiger charge is -2.27. The average Bonchev–Trinajstić information content (AvgIpc) is 2.37. The van der Waals surface area contributed by atoms with Crippen molar-refractivity contribution >= 4 is 41.7 Å². The van der Waals surface area contributed by atoms with E-state index in [1.165, 1.54) is 12.1 Å². The van der Waals surface area contributed by atoms with Crippen LogP contribution in [-0.4, -0.2) is 35.5 Å². The zero-order chi connectivity index (χ0) is 12.1. The molecule has 0 unspecified atom stereocenters. The predicted molar refractivity (Wildman–Crippen MR) is 86.0 cm³/mol. The van der Waals surface area contributed by atoms with Crippen LogP contribution in [0.15, 0.2) is 29.3 Å². The number of benzene rings is 1. The van der Waals surface area contributed by atoms with E-state index in [0.717, 1.165) is 30.2 Å². The molecule has 0 radical (unpaired) electrons. The van der Waals surface area contributed by atoms with Gasteiger partial charge < -0.3 is 10.6 Å². The number of hydrogen-bond acceptors (Lipinski definition) is 2. The highest BCUT2D eigenvalue weighted by molar-refractivity contribution is 14.0. The summed E-state index contributed by atoms with van der Waals surface area (Å²) in [6.07, 6.45) is 0. The molecule has 1 aromatic carbocycles. The summed E-state index contributed by atoms with van der Waals surface area (Å²) in [6.45, 7) is 2.33. The first kappa shape index (κ1) is 15.6. The largest absolute Gasteiger partial charge is 0.370 e. The quantitative estimate of drug-likeness (QED) is 0.486. The molecule has 0 bridgehead atoms. The molecule has 100 valence electrons. The second-order valence-electron chi connectivity index (χ2n) is 3.90. The molecule has 0 spiro atoms. The van der Waals surface area contributed by atoms with E-state index in [0.29, 0.717) is 12.5 Å². The first-order chi connectivity index (χ1) is 8.25. The third-order valence-corrected chi connectivity index (χ3v) is 3.59. The van der Waals surface area contributed by atoms with Gasteiger partial charge in [0.15, 0.2) is 5.96 Å². The third kappa shape index (κ3) is 4.64. The first-order valence-corrected chi connectivity index (χ1v) is 6.78. The molecular weight excluding hydrogens is 364 g/mol. The zero-order valence-electron chi connectivity index (χ0n) is 10.0. The normalized spacial score (nSPS) is 16.3. The lowest BCUT2D eigenvalue weighted by Crippen LogP contribution is -2.42. The molecular formula is C12H17FIN3S. The van der Waals surface area contributed by atoms with Gasteiger partial charge in [0.1, 0.15) is 5.82 Å². The first-order valence-electron chi connectivity index (χ1n) is 5.63. The Hall–Kier alpha value is -0.500. The van der Waals surface area contributed by atoms with Crippen molar-refractivity contribution in [2.75, 3.05) is 24.6 Å². The summed E-state index contributed by atoms with van der Waals surface area (Å²) in [4.78, 5) is 6.38. The summed E-state index contributed by atoms with van der Waals surface area (Å²) < 4.78 is 13.0. The van der Waals surface area contributed by atoms with Gasteiger partial charge in [-0.1, -0.05) is 12.1 Å². The van der Waals surface area contributed by atoms with E-state index in [1.54, 1.807) is 6.07 Å². The molecule has 1 heterocycles. The fourth-order valence-electron chi connectivity index (χ4n) is 1.70. The Kier molecular flexibility index (Phi) is 6.77. The molecule has 0 saturated carbocycles. The van der Waals surface area contributed by atoms with Crippen molar-refractivity contribution in [3.8, 4) is 0 Å². The van der Waals surface area contributed by atoms with E-state index in [-0.39, 0.29) is 29.8 Å². The number of rotatable bonds is 2. The molecule has 6 heteroatoms. The molecule has 18 heavy (non-hydrogen) atoms. The van der Waals surface area contributed by atoms with Crippen LogP contribution >= 0.6 is 35.7 Å². The standard InChI is InChI=1S/C12H16FN3S.HI/c13-11-3-1-2-10(8-11)9-15-12(14)16-4-6-17-7-5-16;/h1-3,8H,4-7,9H2,(H2,14,15);1H. The lowest BCUT2D eigenvalue weighted by atomic mass is 10.2. The zero-order valence-corrected chi connectivity index (χ0v) is 13.2. The molecule has 3 nitrogen and oxygen atoms in total. The highest BCUT2D eigenvalue weighted by Gasteiger charge is 2.11. The van der Waals surface area contributed by atoms with Gasteiger partial charge in [0.25, 0.3) is 0 Å². The van der Waals surface area contributed by atoms with Gasteiger partial charge in [-0.05, 0) is 17.7 Å². The van der Waals surface area contributed by atoms with Crippen molar-refractivity contribution in [2.24, 2.45) is 10.7 Å². The average molecular weight is 381 g/mol. The van der Waals surface area contributed by atoms with Gasteiger partial charge in [-0.3, -0.25) is 0 Å². The fraction of sp³-hybridized carbons (Fsp3) is 0.417. The molecule has 2 N–H and O–H groups in total. The number of nitrogens with zero attached hydrogens (tertiary/aromatic N) is 2. The number of halogens is 2. The second-order valence-corrected chi connectivity index (χ2v) is 5.13. The molecule has 0 aromatic heterocycles. The van der Waals surface area contributed by atoms with Crippen LogP contribution < -0.4 is 5.73 Å². The lowest BCUT2D eigenvalue weighted by molar-refractivity contribution is 0.455. The molecule has 0 aliphatic carbocycles. The van der Waals surface area contributed by atoms with Gasteiger partial charge in [-0.25, -0.2) is 9.38 Å². The van der Waals surface area contributed by atoms with Crippen molar-refractivity contribution in [2.45, 2.75) is 6.54 Å². The van der Waals surface area contributed by atoms with Crippen molar-refractivity contribution < 1.29 is 4.39 Å². The van der Waals surface area contributed by atoms with Gasteiger partial charge in [0.05, 0.1) is 6.54 Å². The van der Waals surface area contributed by atoms with Crippen LogP contribution in [-0.2, 0) is 6.54 Å². The summed E-state index contributed by atoms with van der Waals surface area (Å²) in [5.74, 6) is 2.52. The summed E-state index contributed by atoms with van der Waals surface area (Å²) in [5.41, 5.74) is 6.75. The fourth-order valence-corrected chi connectivity index (χ4v) is 2.60. The topological polar surface area (TPSA) is 41.6 Å². The van der Waals surface area contributed by atoms with Gasteiger partial charge in [0, 0.05) is 24.6 Å². The van der Waals surface area contributed by atoms with Gasteiger partial charge >= 0.3 is 0 Å². The van der Waals surface area contributed by atoms with E-state index in [1.807, 2.05) is 17.8 Å². The maximum Gasteiger partial charge on any atom is 0.191 e. The Labute approximate surface area is 128 Å². The van der Waals surface area contributed by atoms with E-state index in [9.17, 15) is 4.39 Å². The van der Waals surface area contributed by atoms with Crippen LogP contribution in [0.1, 0.15) is 5.56 Å². The molecule has 1 aromatic rings. The van der Waals surface area contributed by atoms with Gasteiger partial charge in [-0.2, -0.15) is 11.8 Å². The molecule has 2 rings (SSSR count). The Morgan fingerprint density at radius 1 is 1.39 bits per heavy atom. The Bertz CT molecular complexity index is 408. The molecule has 0 atom stereocenters. The van der Waals surface area contributed by atoms with E-state index < -0.39 is 0 Å². The van der Waals surface area contributed by atoms with Crippen molar-refractivity contribution in [3.05, 3.63) is 35.6 Å². The minimum Gasteiger partial charge on any atom is -0.370 e. The van der Waals surface area contributed by atoms with Crippen LogP contribution in [0.2, 0.25) is 0 Å². The smallest absolute Gasteiger partial charge is 0.191 e. The van der Waals surface area contributed by atoms with Crippen molar-refractivity contribution in [3.63, 3.8) is 0 Å². The highest BCUT2D eigenvalue weighted by atomic mass is 127. The van der Waals surface area contributed by atoms with Crippen LogP contribution in [0.4, 0.5) is 4.39 Å². The van der Waals surface area contributed by atoms with E-state index in [2.05, 4.69) is 9.89 Å². The van der Waals surface area contributed by atoms with Crippen LogP contribution in [0.5, 0.6) is 0 Å². The van der Waals surface area contributed by atoms with Gasteiger partial charge in [-0.15, -0.1) is 24.0 Å². The van der Waals surface area contributed by atoms with Crippen molar-refractivity contribution in [1.29, 1.82) is 0 Å². The molecule has 1 aliphatic heterocycles. The number of hydrogen-bond donors (Lipinski definition) is 1. The number of aliphatic imine (C=N–C) groups is 1. The SMILES string of the molecule is I.NC(=NCc1cccc(F)c1)N1CCSCC1. The predicted octanol–water partition coefficient (Wildman–Crippen LogP) is 2.31. The minimum atomic E-state index is -0.231. The number of nitrogens with two attached hydrogens (primary N) is 1. The minimum absolute atomic E-state index is 0. The Balaban J connectivity index is 0.00000162. The monoisotopic (exact) mass is 381 g/mol. The van der Waals surface area contributed by atoms with Crippen molar-refractivity contribution in [1.82, 2.24) is 4.90 Å². The summed E-state index contributed by atoms with van der Waals surface area (Å²) in [5, 5.41) is 0.